The number of unbranched alkanes of at least 4 members (excludes halogenated alkanes) is 1. The van der Waals surface area contributed by atoms with Crippen LogP contribution in [-0.2, 0) is 6.42 Å². The summed E-state index contributed by atoms with van der Waals surface area (Å²) in [5.74, 6) is 0.760. The van der Waals surface area contributed by atoms with Crippen LogP contribution in [0, 0.1) is 17.2 Å². The third-order valence-corrected chi connectivity index (χ3v) is 6.92. The summed E-state index contributed by atoms with van der Waals surface area (Å²) in [6.07, 6.45) is 10.4. The minimum Gasteiger partial charge on any atom is -0.207 e. The van der Waals surface area contributed by atoms with Crippen molar-refractivity contribution in [3.63, 3.8) is 0 Å². The minimum atomic E-state index is -0.165. The molecule has 0 unspecified atom stereocenters. The largest absolute Gasteiger partial charge is 0.207 e. The zero-order valence-corrected chi connectivity index (χ0v) is 16.0. The second-order valence-electron chi connectivity index (χ2n) is 6.63. The Hall–Kier alpha value is 0.110. The molecule has 0 aromatic heterocycles. The monoisotopic (exact) mass is 418 g/mol. The fourth-order valence-electron chi connectivity index (χ4n) is 3.50. The first-order valence-corrected chi connectivity index (χ1v) is 10.00. The summed E-state index contributed by atoms with van der Waals surface area (Å²) in [6.45, 7) is 2.28. The molecule has 3 heteroatoms. The SMILES string of the molecule is CCCCC1CCC(CBr)(Cc2ccc(F)cc2Br)CC1. The lowest BCUT2D eigenvalue weighted by Crippen LogP contribution is -2.31. The first-order chi connectivity index (χ1) is 10.1. The van der Waals surface area contributed by atoms with Gasteiger partial charge in [0.15, 0.2) is 0 Å². The van der Waals surface area contributed by atoms with Gasteiger partial charge >= 0.3 is 0 Å². The van der Waals surface area contributed by atoms with Gasteiger partial charge in [-0.2, -0.15) is 0 Å². The molecule has 1 aromatic rings. The van der Waals surface area contributed by atoms with Crippen LogP contribution in [-0.4, -0.2) is 5.33 Å². The van der Waals surface area contributed by atoms with E-state index in [2.05, 4.69) is 38.8 Å². The van der Waals surface area contributed by atoms with Gasteiger partial charge in [0.2, 0.25) is 0 Å². The summed E-state index contributed by atoms with van der Waals surface area (Å²) in [5.41, 5.74) is 1.59. The Balaban J connectivity index is 1.99. The number of rotatable bonds is 6. The van der Waals surface area contributed by atoms with Gasteiger partial charge in [-0.15, -0.1) is 0 Å². The van der Waals surface area contributed by atoms with Gasteiger partial charge in [0.05, 0.1) is 0 Å². The van der Waals surface area contributed by atoms with Gasteiger partial charge in [-0.05, 0) is 61.1 Å². The van der Waals surface area contributed by atoms with Crippen molar-refractivity contribution >= 4 is 31.9 Å². The van der Waals surface area contributed by atoms with Gasteiger partial charge < -0.3 is 0 Å². The molecule has 0 atom stereocenters. The Morgan fingerprint density at radius 1 is 1.29 bits per heavy atom. The topological polar surface area (TPSA) is 0 Å². The molecule has 1 saturated carbocycles. The number of hydrogen-bond acceptors (Lipinski definition) is 0. The van der Waals surface area contributed by atoms with E-state index in [4.69, 9.17) is 0 Å². The van der Waals surface area contributed by atoms with E-state index in [0.29, 0.717) is 5.41 Å². The summed E-state index contributed by atoms with van der Waals surface area (Å²) in [4.78, 5) is 0. The molecule has 118 valence electrons. The van der Waals surface area contributed by atoms with Crippen molar-refractivity contribution in [3.05, 3.63) is 34.1 Å². The van der Waals surface area contributed by atoms with Crippen molar-refractivity contribution in [2.24, 2.45) is 11.3 Å². The summed E-state index contributed by atoms with van der Waals surface area (Å²) < 4.78 is 14.1. The normalized spacial score (nSPS) is 26.0. The highest BCUT2D eigenvalue weighted by atomic mass is 79.9. The van der Waals surface area contributed by atoms with E-state index in [1.807, 2.05) is 6.07 Å². The van der Waals surface area contributed by atoms with E-state index in [1.54, 1.807) is 12.1 Å². The van der Waals surface area contributed by atoms with E-state index in [1.165, 1.54) is 50.5 Å². The molecule has 0 N–H and O–H groups in total. The third-order valence-electron chi connectivity index (χ3n) is 5.00. The molecule has 0 heterocycles. The van der Waals surface area contributed by atoms with E-state index < -0.39 is 0 Å². The molecule has 0 aliphatic heterocycles. The Kier molecular flexibility index (Phi) is 6.74. The van der Waals surface area contributed by atoms with Crippen LogP contribution in [0.25, 0.3) is 0 Å². The molecule has 1 aliphatic rings. The van der Waals surface area contributed by atoms with Crippen molar-refractivity contribution in [2.75, 3.05) is 5.33 Å². The maximum atomic E-state index is 13.2. The zero-order chi connectivity index (χ0) is 15.3. The second kappa shape index (κ2) is 8.10. The quantitative estimate of drug-likeness (QED) is 0.440. The van der Waals surface area contributed by atoms with Crippen molar-refractivity contribution < 1.29 is 4.39 Å². The van der Waals surface area contributed by atoms with Crippen LogP contribution in [0.15, 0.2) is 22.7 Å². The van der Waals surface area contributed by atoms with Crippen LogP contribution >= 0.6 is 31.9 Å². The molecular formula is C18H25Br2F. The van der Waals surface area contributed by atoms with Crippen LogP contribution in [0.1, 0.15) is 57.4 Å². The Labute approximate surface area is 145 Å². The zero-order valence-electron chi connectivity index (χ0n) is 12.8. The molecule has 21 heavy (non-hydrogen) atoms. The first kappa shape index (κ1) is 17.5. The van der Waals surface area contributed by atoms with Crippen molar-refractivity contribution in [1.29, 1.82) is 0 Å². The fraction of sp³-hybridized carbons (Fsp3) is 0.667. The number of halogens is 3. The molecule has 0 radical (unpaired) electrons. The third kappa shape index (κ3) is 4.79. The van der Waals surface area contributed by atoms with Crippen LogP contribution < -0.4 is 0 Å². The maximum absolute atomic E-state index is 13.2. The lowest BCUT2D eigenvalue weighted by molar-refractivity contribution is 0.168. The van der Waals surface area contributed by atoms with E-state index >= 15 is 0 Å². The standard InChI is InChI=1S/C18H25Br2F/c1-2-3-4-14-7-9-18(13-19,10-8-14)12-15-5-6-16(21)11-17(15)20/h5-6,11,14H,2-4,7-10,12-13H2,1H3. The summed E-state index contributed by atoms with van der Waals surface area (Å²) in [7, 11) is 0. The first-order valence-electron chi connectivity index (χ1n) is 8.08. The summed E-state index contributed by atoms with van der Waals surface area (Å²) in [6, 6.07) is 5.10. The summed E-state index contributed by atoms with van der Waals surface area (Å²) >= 11 is 7.27. The maximum Gasteiger partial charge on any atom is 0.124 e. The van der Waals surface area contributed by atoms with Gasteiger partial charge in [-0.1, -0.05) is 64.1 Å². The Bertz CT molecular complexity index is 451. The van der Waals surface area contributed by atoms with Crippen LogP contribution in [0.2, 0.25) is 0 Å². The van der Waals surface area contributed by atoms with Gasteiger partial charge in [-0.25, -0.2) is 4.39 Å². The molecular weight excluding hydrogens is 395 g/mol. The highest BCUT2D eigenvalue weighted by Gasteiger charge is 2.34. The molecule has 1 fully saturated rings. The molecule has 0 amide bonds. The van der Waals surface area contributed by atoms with Gasteiger partial charge in [0.25, 0.3) is 0 Å². The highest BCUT2D eigenvalue weighted by Crippen LogP contribution is 2.44. The van der Waals surface area contributed by atoms with Crippen molar-refractivity contribution in [3.8, 4) is 0 Å². The van der Waals surface area contributed by atoms with Gasteiger partial charge in [-0.3, -0.25) is 0 Å². The molecule has 1 aliphatic carbocycles. The predicted molar refractivity (Wildman–Crippen MR) is 95.5 cm³/mol. The highest BCUT2D eigenvalue weighted by molar-refractivity contribution is 9.10. The number of benzene rings is 1. The van der Waals surface area contributed by atoms with Crippen LogP contribution in [0.3, 0.4) is 0 Å². The molecule has 1 aromatic carbocycles. The number of alkyl halides is 1. The van der Waals surface area contributed by atoms with E-state index in [-0.39, 0.29) is 5.82 Å². The average Bonchev–Trinajstić information content (AvgIpc) is 2.49. The van der Waals surface area contributed by atoms with Gasteiger partial charge in [0.1, 0.15) is 5.82 Å². The Morgan fingerprint density at radius 2 is 2.00 bits per heavy atom. The van der Waals surface area contributed by atoms with Crippen molar-refractivity contribution in [1.82, 2.24) is 0 Å². The lowest BCUT2D eigenvalue weighted by Gasteiger charge is -2.39. The predicted octanol–water partition coefficient (Wildman–Crippen LogP) is 6.89. The fourth-order valence-corrected chi connectivity index (χ4v) is 4.75. The van der Waals surface area contributed by atoms with Crippen LogP contribution in [0.5, 0.6) is 0 Å². The molecule has 0 bridgehead atoms. The lowest BCUT2D eigenvalue weighted by atomic mass is 9.68. The smallest absolute Gasteiger partial charge is 0.124 e. The molecule has 0 nitrogen and oxygen atoms in total. The minimum absolute atomic E-state index is 0.165. The molecule has 0 saturated heterocycles. The van der Waals surface area contributed by atoms with E-state index in [0.717, 1.165) is 22.1 Å². The second-order valence-corrected chi connectivity index (χ2v) is 8.05. The molecule has 2 rings (SSSR count). The average molecular weight is 420 g/mol. The summed E-state index contributed by atoms with van der Waals surface area (Å²) in [5, 5.41) is 1.05. The van der Waals surface area contributed by atoms with Gasteiger partial charge in [0, 0.05) is 9.80 Å². The molecule has 0 spiro atoms. The van der Waals surface area contributed by atoms with E-state index in [9.17, 15) is 4.39 Å². The van der Waals surface area contributed by atoms with Crippen LogP contribution in [0.4, 0.5) is 4.39 Å². The Morgan fingerprint density at radius 3 is 2.57 bits per heavy atom. The van der Waals surface area contributed by atoms with Crippen molar-refractivity contribution in [2.45, 2.75) is 58.3 Å². The number of hydrogen-bond donors (Lipinski definition) is 0.